The van der Waals surface area contributed by atoms with Crippen molar-refractivity contribution in [1.29, 1.82) is 0 Å². The first kappa shape index (κ1) is 27.9. The van der Waals surface area contributed by atoms with E-state index in [-0.39, 0.29) is 41.8 Å². The van der Waals surface area contributed by atoms with Crippen molar-refractivity contribution >= 4 is 22.7 Å². The maximum atomic E-state index is 13.6. The second-order valence-electron chi connectivity index (χ2n) is 9.91. The van der Waals surface area contributed by atoms with Gasteiger partial charge in [0.1, 0.15) is 6.54 Å². The first-order chi connectivity index (χ1) is 18.8. The minimum absolute atomic E-state index is 0.0140. The minimum Gasteiger partial charge on any atom is -0.493 e. The van der Waals surface area contributed by atoms with Crippen molar-refractivity contribution < 1.29 is 19.1 Å². The van der Waals surface area contributed by atoms with Gasteiger partial charge in [-0.15, -0.1) is 0 Å². The Balaban J connectivity index is 1.74. The van der Waals surface area contributed by atoms with Crippen LogP contribution in [0.15, 0.2) is 46.0 Å². The van der Waals surface area contributed by atoms with E-state index in [1.54, 1.807) is 30.3 Å². The number of carbonyl (C=O) groups is 2. The van der Waals surface area contributed by atoms with Crippen LogP contribution in [-0.2, 0) is 17.9 Å². The third-order valence-electron chi connectivity index (χ3n) is 7.24. The quantitative estimate of drug-likeness (QED) is 0.450. The topological polar surface area (TPSA) is 112 Å². The third-order valence-corrected chi connectivity index (χ3v) is 7.24. The molecule has 4 rings (SSSR count). The summed E-state index contributed by atoms with van der Waals surface area (Å²) in [6, 6.07) is 9.96. The molecule has 0 bridgehead atoms. The molecule has 208 valence electrons. The van der Waals surface area contributed by atoms with Gasteiger partial charge in [0.25, 0.3) is 11.5 Å². The zero-order valence-electron chi connectivity index (χ0n) is 23.0. The molecule has 1 saturated heterocycles. The van der Waals surface area contributed by atoms with Crippen molar-refractivity contribution in [1.82, 2.24) is 19.4 Å². The average Bonchev–Trinajstić information content (AvgIpc) is 2.97. The van der Waals surface area contributed by atoms with Crippen LogP contribution in [-0.4, -0.2) is 59.2 Å². The molecule has 1 aliphatic rings. The largest absolute Gasteiger partial charge is 0.493 e. The minimum atomic E-state index is -0.618. The van der Waals surface area contributed by atoms with Crippen LogP contribution in [0, 0.1) is 0 Å². The monoisotopic (exact) mass is 536 g/mol. The predicted octanol–water partition coefficient (Wildman–Crippen LogP) is 2.77. The molecule has 0 radical (unpaired) electrons. The number of ether oxygens (including phenoxy) is 2. The highest BCUT2D eigenvalue weighted by Crippen LogP contribution is 2.30. The normalized spacial score (nSPS) is 14.2. The molecule has 1 aliphatic heterocycles. The van der Waals surface area contributed by atoms with Gasteiger partial charge in [-0.2, -0.15) is 0 Å². The van der Waals surface area contributed by atoms with Gasteiger partial charge >= 0.3 is 5.69 Å². The van der Waals surface area contributed by atoms with Crippen LogP contribution in [0.1, 0.15) is 55.5 Å². The summed E-state index contributed by atoms with van der Waals surface area (Å²) >= 11 is 0. The lowest BCUT2D eigenvalue weighted by Gasteiger charge is -2.26. The van der Waals surface area contributed by atoms with Crippen LogP contribution in [0.5, 0.6) is 11.5 Å². The summed E-state index contributed by atoms with van der Waals surface area (Å²) < 4.78 is 13.2. The SMILES string of the molecule is CC[C@@H](C)NC(=O)Cn1c(=O)n(Cc2ccc(C(=O)N3CCCCC3)cc2)c(=O)c2cc(OC)c(OC)cc21. The van der Waals surface area contributed by atoms with Crippen LogP contribution >= 0.6 is 0 Å². The Kier molecular flexibility index (Phi) is 8.73. The lowest BCUT2D eigenvalue weighted by molar-refractivity contribution is -0.122. The van der Waals surface area contributed by atoms with Gasteiger partial charge in [-0.3, -0.25) is 23.5 Å². The average molecular weight is 537 g/mol. The number of nitrogens with one attached hydrogen (secondary N) is 1. The molecule has 1 atom stereocenters. The van der Waals surface area contributed by atoms with Crippen molar-refractivity contribution in [3.63, 3.8) is 0 Å². The van der Waals surface area contributed by atoms with Gasteiger partial charge in [0.2, 0.25) is 5.91 Å². The maximum Gasteiger partial charge on any atom is 0.332 e. The van der Waals surface area contributed by atoms with E-state index in [1.807, 2.05) is 18.7 Å². The van der Waals surface area contributed by atoms with E-state index in [4.69, 9.17) is 9.47 Å². The molecule has 10 nitrogen and oxygen atoms in total. The molecule has 2 heterocycles. The fraction of sp³-hybridized carbons (Fsp3) is 0.448. The molecule has 0 saturated carbocycles. The number of carbonyl (C=O) groups excluding carboxylic acids is 2. The van der Waals surface area contributed by atoms with Gasteiger partial charge < -0.3 is 19.7 Å². The summed E-state index contributed by atoms with van der Waals surface area (Å²) in [6.07, 6.45) is 3.89. The molecule has 0 unspecified atom stereocenters. The number of likely N-dealkylation sites (tertiary alicyclic amines) is 1. The van der Waals surface area contributed by atoms with Crippen LogP contribution in [0.3, 0.4) is 0 Å². The maximum absolute atomic E-state index is 13.6. The number of nitrogens with zero attached hydrogens (tertiary/aromatic N) is 3. The van der Waals surface area contributed by atoms with E-state index in [0.717, 1.165) is 43.3 Å². The molecule has 0 spiro atoms. The smallest absolute Gasteiger partial charge is 0.332 e. The summed E-state index contributed by atoms with van der Waals surface area (Å²) in [5.41, 5.74) is 0.401. The van der Waals surface area contributed by atoms with Gasteiger partial charge in [0, 0.05) is 30.8 Å². The van der Waals surface area contributed by atoms with E-state index < -0.39 is 11.2 Å². The molecule has 10 heteroatoms. The van der Waals surface area contributed by atoms with Gasteiger partial charge in [-0.25, -0.2) is 4.79 Å². The van der Waals surface area contributed by atoms with Crippen LogP contribution in [0.4, 0.5) is 0 Å². The Bertz CT molecular complexity index is 1470. The zero-order valence-corrected chi connectivity index (χ0v) is 23.0. The Morgan fingerprint density at radius 1 is 0.949 bits per heavy atom. The molecule has 1 aromatic heterocycles. The second kappa shape index (κ2) is 12.2. The summed E-state index contributed by atoms with van der Waals surface area (Å²) in [5.74, 6) is 0.322. The van der Waals surface area contributed by atoms with Crippen molar-refractivity contribution in [2.75, 3.05) is 27.3 Å². The second-order valence-corrected chi connectivity index (χ2v) is 9.91. The summed E-state index contributed by atoms with van der Waals surface area (Å²) in [4.78, 5) is 54.7. The number of amides is 2. The first-order valence-electron chi connectivity index (χ1n) is 13.3. The molecule has 39 heavy (non-hydrogen) atoms. The van der Waals surface area contributed by atoms with Crippen molar-refractivity contribution in [3.05, 3.63) is 68.4 Å². The molecule has 3 aromatic rings. The molecule has 0 aliphatic carbocycles. The van der Waals surface area contributed by atoms with Crippen LogP contribution in [0.25, 0.3) is 10.9 Å². The zero-order chi connectivity index (χ0) is 28.1. The number of rotatable bonds is 9. The molecular weight excluding hydrogens is 500 g/mol. The molecular formula is C29H36N4O6. The molecule has 2 amide bonds. The number of hydrogen-bond acceptors (Lipinski definition) is 6. The first-order valence-corrected chi connectivity index (χ1v) is 13.3. The number of hydrogen-bond donors (Lipinski definition) is 1. The number of aromatic nitrogens is 2. The Hall–Kier alpha value is -4.08. The van der Waals surface area contributed by atoms with Crippen molar-refractivity contribution in [2.45, 2.75) is 58.7 Å². The molecule has 1 N–H and O–H groups in total. The number of fused-ring (bicyclic) bond motifs is 1. The van der Waals surface area contributed by atoms with Crippen molar-refractivity contribution in [3.8, 4) is 11.5 Å². The Morgan fingerprint density at radius 3 is 2.21 bits per heavy atom. The van der Waals surface area contributed by atoms with E-state index in [1.165, 1.54) is 24.9 Å². The standard InChI is InChI=1S/C29H36N4O6/c1-5-19(2)30-26(34)18-32-23-16-25(39-4)24(38-3)15-22(23)28(36)33(29(32)37)17-20-9-11-21(12-10-20)27(35)31-13-7-6-8-14-31/h9-12,15-16,19H,5-8,13-14,17-18H2,1-4H3,(H,30,34)/t19-/m1/s1. The van der Waals surface area contributed by atoms with Crippen molar-refractivity contribution in [2.24, 2.45) is 0 Å². The highest BCUT2D eigenvalue weighted by atomic mass is 16.5. The Labute approximate surface area is 227 Å². The van der Waals surface area contributed by atoms with E-state index in [0.29, 0.717) is 22.6 Å². The highest BCUT2D eigenvalue weighted by molar-refractivity contribution is 5.94. The predicted molar refractivity (Wildman–Crippen MR) is 149 cm³/mol. The highest BCUT2D eigenvalue weighted by Gasteiger charge is 2.21. The summed E-state index contributed by atoms with van der Waals surface area (Å²) in [6.45, 7) is 5.06. The number of methoxy groups -OCH3 is 2. The summed E-state index contributed by atoms with van der Waals surface area (Å²) in [5, 5.41) is 3.09. The van der Waals surface area contributed by atoms with Crippen LogP contribution in [0.2, 0.25) is 0 Å². The van der Waals surface area contributed by atoms with Gasteiger partial charge in [-0.05, 0) is 56.4 Å². The molecule has 1 fully saturated rings. The summed E-state index contributed by atoms with van der Waals surface area (Å²) in [7, 11) is 2.92. The van der Waals surface area contributed by atoms with E-state index in [9.17, 15) is 19.2 Å². The van der Waals surface area contributed by atoms with Gasteiger partial charge in [0.15, 0.2) is 11.5 Å². The fourth-order valence-corrected chi connectivity index (χ4v) is 4.82. The lowest BCUT2D eigenvalue weighted by atomic mass is 10.1. The fourth-order valence-electron chi connectivity index (χ4n) is 4.82. The van der Waals surface area contributed by atoms with Gasteiger partial charge in [-0.1, -0.05) is 19.1 Å². The van der Waals surface area contributed by atoms with E-state index in [2.05, 4.69) is 5.32 Å². The number of benzene rings is 2. The third kappa shape index (κ3) is 6.00. The molecule has 2 aromatic carbocycles. The van der Waals surface area contributed by atoms with E-state index >= 15 is 0 Å². The lowest BCUT2D eigenvalue weighted by Crippen LogP contribution is -2.44. The van der Waals surface area contributed by atoms with Crippen LogP contribution < -0.4 is 26.0 Å². The number of piperidine rings is 1. The Morgan fingerprint density at radius 2 is 1.59 bits per heavy atom. The van der Waals surface area contributed by atoms with Gasteiger partial charge in [0.05, 0.1) is 31.7 Å².